The first-order valence-corrected chi connectivity index (χ1v) is 7.18. The topological polar surface area (TPSA) is 50.4 Å². The van der Waals surface area contributed by atoms with E-state index < -0.39 is 5.82 Å². The number of rotatable bonds is 6. The molecule has 0 aliphatic carbocycles. The van der Waals surface area contributed by atoms with E-state index in [-0.39, 0.29) is 17.5 Å². The Kier molecular flexibility index (Phi) is 5.61. The van der Waals surface area contributed by atoms with Crippen LogP contribution in [0.5, 0.6) is 5.75 Å². The first-order valence-electron chi connectivity index (χ1n) is 6.80. The first-order chi connectivity index (χ1) is 10.6. The molecule has 0 radical (unpaired) electrons. The van der Waals surface area contributed by atoms with Crippen LogP contribution in [0.1, 0.15) is 6.92 Å². The van der Waals surface area contributed by atoms with Crippen LogP contribution < -0.4 is 15.4 Å². The van der Waals surface area contributed by atoms with Crippen LogP contribution in [0.2, 0.25) is 5.02 Å². The Morgan fingerprint density at radius 2 is 2.00 bits per heavy atom. The Bertz CT molecular complexity index is 664. The molecule has 2 rings (SSSR count). The number of hydrogen-bond acceptors (Lipinski definition) is 3. The number of carbonyl (C=O) groups is 1. The lowest BCUT2D eigenvalue weighted by Crippen LogP contribution is -2.22. The van der Waals surface area contributed by atoms with E-state index in [0.29, 0.717) is 18.0 Å². The molecule has 22 heavy (non-hydrogen) atoms. The molecule has 0 atom stereocenters. The van der Waals surface area contributed by atoms with E-state index in [1.54, 1.807) is 0 Å². The summed E-state index contributed by atoms with van der Waals surface area (Å²) in [5, 5.41) is 5.77. The van der Waals surface area contributed by atoms with Gasteiger partial charge in [-0.05, 0) is 37.3 Å². The summed E-state index contributed by atoms with van der Waals surface area (Å²) in [6.45, 7) is 2.47. The van der Waals surface area contributed by atoms with E-state index in [9.17, 15) is 9.18 Å². The summed E-state index contributed by atoms with van der Waals surface area (Å²) in [5.41, 5.74) is 1.10. The zero-order valence-electron chi connectivity index (χ0n) is 12.0. The molecule has 2 N–H and O–H groups in total. The lowest BCUT2D eigenvalue weighted by Gasteiger charge is -2.12. The molecule has 2 aromatic rings. The Morgan fingerprint density at radius 1 is 1.23 bits per heavy atom. The van der Waals surface area contributed by atoms with Gasteiger partial charge in [0, 0.05) is 0 Å². The zero-order valence-corrected chi connectivity index (χ0v) is 12.8. The van der Waals surface area contributed by atoms with Crippen LogP contribution in [0.3, 0.4) is 0 Å². The predicted octanol–water partition coefficient (Wildman–Crippen LogP) is 3.93. The van der Waals surface area contributed by atoms with Gasteiger partial charge in [-0.1, -0.05) is 23.7 Å². The summed E-state index contributed by atoms with van der Waals surface area (Å²) in [4.78, 5) is 11.9. The molecule has 0 aliphatic rings. The third kappa shape index (κ3) is 4.36. The molecule has 0 fully saturated rings. The number of carbonyl (C=O) groups excluding carboxylic acids is 1. The van der Waals surface area contributed by atoms with Gasteiger partial charge in [0.2, 0.25) is 5.91 Å². The van der Waals surface area contributed by atoms with Crippen molar-refractivity contribution >= 4 is 28.9 Å². The second-order valence-electron chi connectivity index (χ2n) is 4.46. The molecule has 0 spiro atoms. The fraction of sp³-hybridized carbons (Fsp3) is 0.188. The Morgan fingerprint density at radius 3 is 2.73 bits per heavy atom. The highest BCUT2D eigenvalue weighted by molar-refractivity contribution is 6.33. The molecule has 0 saturated carbocycles. The van der Waals surface area contributed by atoms with E-state index in [4.69, 9.17) is 16.3 Å². The number of ether oxygens (including phenoxy) is 1. The molecule has 6 heteroatoms. The molecule has 2 aromatic carbocycles. The molecule has 0 bridgehead atoms. The van der Waals surface area contributed by atoms with Crippen LogP contribution in [0.4, 0.5) is 15.8 Å². The minimum Gasteiger partial charge on any atom is -0.492 e. The quantitative estimate of drug-likeness (QED) is 0.847. The van der Waals surface area contributed by atoms with Gasteiger partial charge in [-0.15, -0.1) is 0 Å². The van der Waals surface area contributed by atoms with Crippen molar-refractivity contribution in [3.05, 3.63) is 53.3 Å². The summed E-state index contributed by atoms with van der Waals surface area (Å²) in [5.74, 6) is -0.0656. The molecule has 4 nitrogen and oxygen atoms in total. The standard InChI is InChI=1S/C16H16ClFN2O2/c1-2-22-15-6-4-3-5-14(15)19-10-16(21)20-13-8-7-11(18)9-12(13)17/h3-9,19H,2,10H2,1H3,(H,20,21). The fourth-order valence-corrected chi connectivity index (χ4v) is 2.07. The molecule has 1 amide bonds. The molecule has 0 heterocycles. The van der Waals surface area contributed by atoms with Gasteiger partial charge < -0.3 is 15.4 Å². The van der Waals surface area contributed by atoms with Gasteiger partial charge in [0.25, 0.3) is 0 Å². The number of benzene rings is 2. The fourth-order valence-electron chi connectivity index (χ4n) is 1.85. The van der Waals surface area contributed by atoms with Gasteiger partial charge in [0.15, 0.2) is 0 Å². The summed E-state index contributed by atoms with van der Waals surface area (Å²) in [7, 11) is 0. The van der Waals surface area contributed by atoms with Crippen LogP contribution in [0.25, 0.3) is 0 Å². The first kappa shape index (κ1) is 16.1. The van der Waals surface area contributed by atoms with Gasteiger partial charge in [-0.3, -0.25) is 4.79 Å². The monoisotopic (exact) mass is 322 g/mol. The zero-order chi connectivity index (χ0) is 15.9. The highest BCUT2D eigenvalue weighted by atomic mass is 35.5. The van der Waals surface area contributed by atoms with Crippen molar-refractivity contribution in [2.75, 3.05) is 23.8 Å². The maximum Gasteiger partial charge on any atom is 0.243 e. The number of nitrogens with one attached hydrogen (secondary N) is 2. The number of para-hydroxylation sites is 2. The van der Waals surface area contributed by atoms with Crippen LogP contribution in [0, 0.1) is 5.82 Å². The average Bonchev–Trinajstić information content (AvgIpc) is 2.49. The average molecular weight is 323 g/mol. The predicted molar refractivity (Wildman–Crippen MR) is 86.1 cm³/mol. The van der Waals surface area contributed by atoms with Crippen molar-refractivity contribution < 1.29 is 13.9 Å². The second-order valence-corrected chi connectivity index (χ2v) is 4.86. The largest absolute Gasteiger partial charge is 0.492 e. The van der Waals surface area contributed by atoms with Crippen molar-refractivity contribution in [3.8, 4) is 5.75 Å². The number of amides is 1. The van der Waals surface area contributed by atoms with E-state index >= 15 is 0 Å². The molecule has 0 aromatic heterocycles. The normalized spacial score (nSPS) is 10.1. The maximum atomic E-state index is 12.9. The molecular formula is C16H16ClFN2O2. The second kappa shape index (κ2) is 7.66. The van der Waals surface area contributed by atoms with Crippen molar-refractivity contribution in [1.82, 2.24) is 0 Å². The van der Waals surface area contributed by atoms with Crippen LogP contribution in [-0.2, 0) is 4.79 Å². The SMILES string of the molecule is CCOc1ccccc1NCC(=O)Nc1ccc(F)cc1Cl. The third-order valence-corrected chi connectivity index (χ3v) is 3.14. The molecule has 0 aliphatic heterocycles. The van der Waals surface area contributed by atoms with Gasteiger partial charge >= 0.3 is 0 Å². The minimum atomic E-state index is -0.452. The highest BCUT2D eigenvalue weighted by Gasteiger charge is 2.08. The smallest absolute Gasteiger partial charge is 0.243 e. The van der Waals surface area contributed by atoms with Gasteiger partial charge in [-0.25, -0.2) is 4.39 Å². The minimum absolute atomic E-state index is 0.0395. The van der Waals surface area contributed by atoms with E-state index in [0.717, 1.165) is 11.8 Å². The summed E-state index contributed by atoms with van der Waals surface area (Å²) >= 11 is 5.86. The van der Waals surface area contributed by atoms with Gasteiger partial charge in [0.05, 0.1) is 29.5 Å². The number of hydrogen-bond donors (Lipinski definition) is 2. The lowest BCUT2D eigenvalue weighted by atomic mass is 10.3. The third-order valence-electron chi connectivity index (χ3n) is 2.83. The van der Waals surface area contributed by atoms with E-state index in [1.165, 1.54) is 12.1 Å². The summed E-state index contributed by atoms with van der Waals surface area (Å²) in [6, 6.07) is 11.1. The molecule has 116 valence electrons. The van der Waals surface area contributed by atoms with Crippen molar-refractivity contribution in [2.45, 2.75) is 6.92 Å². The Hall–Kier alpha value is -2.27. The number of anilines is 2. The molecule has 0 unspecified atom stereocenters. The summed E-state index contributed by atoms with van der Waals surface area (Å²) < 4.78 is 18.4. The van der Waals surface area contributed by atoms with Crippen LogP contribution in [-0.4, -0.2) is 19.1 Å². The van der Waals surface area contributed by atoms with Gasteiger partial charge in [-0.2, -0.15) is 0 Å². The summed E-state index contributed by atoms with van der Waals surface area (Å²) in [6.07, 6.45) is 0. The van der Waals surface area contributed by atoms with Crippen LogP contribution in [0.15, 0.2) is 42.5 Å². The molecular weight excluding hydrogens is 307 g/mol. The van der Waals surface area contributed by atoms with Gasteiger partial charge in [0.1, 0.15) is 11.6 Å². The number of halogens is 2. The van der Waals surface area contributed by atoms with Crippen LogP contribution >= 0.6 is 11.6 Å². The Balaban J connectivity index is 1.95. The van der Waals surface area contributed by atoms with E-state index in [1.807, 2.05) is 31.2 Å². The molecule has 0 saturated heterocycles. The highest BCUT2D eigenvalue weighted by Crippen LogP contribution is 2.24. The maximum absolute atomic E-state index is 12.9. The van der Waals surface area contributed by atoms with Crippen molar-refractivity contribution in [3.63, 3.8) is 0 Å². The lowest BCUT2D eigenvalue weighted by molar-refractivity contribution is -0.114. The van der Waals surface area contributed by atoms with E-state index in [2.05, 4.69) is 10.6 Å². The van der Waals surface area contributed by atoms with Crippen molar-refractivity contribution in [1.29, 1.82) is 0 Å². The Labute approximate surface area is 133 Å². The van der Waals surface area contributed by atoms with Crippen molar-refractivity contribution in [2.24, 2.45) is 0 Å².